The Kier molecular flexibility index (Phi) is 8.24. The molecular formula is C30H44N8O2. The van der Waals surface area contributed by atoms with E-state index in [9.17, 15) is 9.59 Å². The Balaban J connectivity index is 1.41. The molecule has 1 aromatic heterocycles. The van der Waals surface area contributed by atoms with Crippen molar-refractivity contribution in [3.05, 3.63) is 41.2 Å². The first-order valence-electron chi connectivity index (χ1n) is 15.0. The van der Waals surface area contributed by atoms with Crippen molar-refractivity contribution in [3.8, 4) is 0 Å². The van der Waals surface area contributed by atoms with Crippen molar-refractivity contribution in [2.45, 2.75) is 104 Å². The number of carbonyl (C=O) groups is 2. The van der Waals surface area contributed by atoms with Gasteiger partial charge in [-0.1, -0.05) is 57.9 Å². The van der Waals surface area contributed by atoms with Gasteiger partial charge in [0.2, 0.25) is 0 Å². The van der Waals surface area contributed by atoms with Gasteiger partial charge in [0, 0.05) is 18.7 Å². The molecule has 1 saturated carbocycles. The summed E-state index contributed by atoms with van der Waals surface area (Å²) >= 11 is 0. The van der Waals surface area contributed by atoms with E-state index in [0.717, 1.165) is 76.4 Å². The van der Waals surface area contributed by atoms with E-state index in [1.807, 2.05) is 24.3 Å². The molecule has 2 aromatic rings. The number of unbranched alkanes of at least 4 members (excludes halogenated alkanes) is 1. The zero-order valence-corrected chi connectivity index (χ0v) is 24.4. The van der Waals surface area contributed by atoms with Crippen molar-refractivity contribution in [1.29, 1.82) is 0 Å². The van der Waals surface area contributed by atoms with Crippen molar-refractivity contribution in [2.75, 3.05) is 13.1 Å². The maximum Gasteiger partial charge on any atom is 0.291 e. The number of hydrogen-bond acceptors (Lipinski definition) is 7. The maximum absolute atomic E-state index is 14.3. The van der Waals surface area contributed by atoms with Crippen molar-refractivity contribution in [2.24, 2.45) is 16.3 Å². The molecule has 3 aliphatic rings. The molecule has 2 N–H and O–H groups in total. The lowest BCUT2D eigenvalue weighted by Gasteiger charge is -2.47. The highest BCUT2D eigenvalue weighted by Crippen LogP contribution is 2.49. The van der Waals surface area contributed by atoms with E-state index in [-0.39, 0.29) is 29.8 Å². The summed E-state index contributed by atoms with van der Waals surface area (Å²) in [5.74, 6) is 1.61. The van der Waals surface area contributed by atoms with Gasteiger partial charge in [0.15, 0.2) is 11.7 Å². The molecule has 1 saturated heterocycles. The number of aliphatic imine (C=N–C) groups is 1. The number of benzene rings is 1. The Hall–Kier alpha value is -3.30. The minimum Gasteiger partial charge on any atom is -0.352 e. The fourth-order valence-electron chi connectivity index (χ4n) is 6.68. The number of amidine groups is 1. The predicted octanol–water partition coefficient (Wildman–Crippen LogP) is 4.63. The van der Waals surface area contributed by atoms with Crippen LogP contribution in [-0.2, 0) is 11.3 Å². The number of tetrazole rings is 1. The number of aromatic amines is 1. The van der Waals surface area contributed by atoms with E-state index < -0.39 is 5.66 Å². The molecule has 3 heterocycles. The van der Waals surface area contributed by atoms with Gasteiger partial charge in [-0.25, -0.2) is 4.99 Å². The van der Waals surface area contributed by atoms with Crippen LogP contribution in [0.2, 0.25) is 0 Å². The van der Waals surface area contributed by atoms with Crippen molar-refractivity contribution in [1.82, 2.24) is 35.7 Å². The Morgan fingerprint density at radius 1 is 1.15 bits per heavy atom. The molecule has 1 aromatic carbocycles. The van der Waals surface area contributed by atoms with Gasteiger partial charge in [-0.2, -0.15) is 5.21 Å². The van der Waals surface area contributed by atoms with Crippen LogP contribution >= 0.6 is 0 Å². The van der Waals surface area contributed by atoms with Gasteiger partial charge >= 0.3 is 0 Å². The molecule has 10 heteroatoms. The van der Waals surface area contributed by atoms with Gasteiger partial charge in [0.25, 0.3) is 11.8 Å². The average Bonchev–Trinajstić information content (AvgIpc) is 3.71. The molecule has 216 valence electrons. The lowest BCUT2D eigenvalue weighted by molar-refractivity contribution is -0.134. The molecule has 0 radical (unpaired) electrons. The van der Waals surface area contributed by atoms with E-state index in [0.29, 0.717) is 23.1 Å². The number of nitrogens with zero attached hydrogens (tertiary/aromatic N) is 6. The van der Waals surface area contributed by atoms with E-state index >= 15 is 0 Å². The summed E-state index contributed by atoms with van der Waals surface area (Å²) in [5.41, 5.74) is 1.38. The fourth-order valence-corrected chi connectivity index (χ4v) is 6.68. The zero-order valence-electron chi connectivity index (χ0n) is 24.4. The molecule has 1 spiro atoms. The van der Waals surface area contributed by atoms with Crippen LogP contribution in [0.15, 0.2) is 29.3 Å². The normalized spacial score (nSPS) is 24.1. The second kappa shape index (κ2) is 11.7. The SMILES string of the molecule is CCCC[C@H](c1ccc(C(=O)NCc2nn[nH]n2)cc1)N1C(=O)C(N2CCCC2)=NC12CCC(C(C)(C)C)CC2. The maximum atomic E-state index is 14.3. The van der Waals surface area contributed by atoms with E-state index in [1.165, 1.54) is 0 Å². The van der Waals surface area contributed by atoms with E-state index in [2.05, 4.69) is 63.4 Å². The minimum atomic E-state index is -0.490. The summed E-state index contributed by atoms with van der Waals surface area (Å²) in [6, 6.07) is 7.65. The average molecular weight is 549 g/mol. The highest BCUT2D eigenvalue weighted by molar-refractivity contribution is 6.39. The van der Waals surface area contributed by atoms with Crippen LogP contribution in [0.25, 0.3) is 0 Å². The first kappa shape index (κ1) is 28.2. The Morgan fingerprint density at radius 2 is 1.85 bits per heavy atom. The second-order valence-corrected chi connectivity index (χ2v) is 12.7. The lowest BCUT2D eigenvalue weighted by atomic mass is 9.69. The molecule has 1 aliphatic carbocycles. The predicted molar refractivity (Wildman–Crippen MR) is 153 cm³/mol. The summed E-state index contributed by atoms with van der Waals surface area (Å²) in [5, 5.41) is 16.5. The van der Waals surface area contributed by atoms with Gasteiger partial charge < -0.3 is 15.1 Å². The third kappa shape index (κ3) is 5.76. The van der Waals surface area contributed by atoms with E-state index in [4.69, 9.17) is 4.99 Å². The van der Waals surface area contributed by atoms with Gasteiger partial charge in [0.05, 0.1) is 12.6 Å². The highest BCUT2D eigenvalue weighted by atomic mass is 16.2. The van der Waals surface area contributed by atoms with Gasteiger partial charge in [0.1, 0.15) is 5.66 Å². The van der Waals surface area contributed by atoms with Crippen LogP contribution in [0.4, 0.5) is 0 Å². The Labute approximate surface area is 237 Å². The van der Waals surface area contributed by atoms with E-state index in [1.54, 1.807) is 0 Å². The van der Waals surface area contributed by atoms with Crippen molar-refractivity contribution in [3.63, 3.8) is 0 Å². The van der Waals surface area contributed by atoms with Crippen molar-refractivity contribution < 1.29 is 9.59 Å². The fraction of sp³-hybridized carbons (Fsp3) is 0.667. The summed E-state index contributed by atoms with van der Waals surface area (Å²) in [4.78, 5) is 36.7. The van der Waals surface area contributed by atoms with Crippen LogP contribution in [0.3, 0.4) is 0 Å². The second-order valence-electron chi connectivity index (χ2n) is 12.7. The molecule has 0 unspecified atom stereocenters. The van der Waals surface area contributed by atoms with Gasteiger partial charge in [-0.15, -0.1) is 10.2 Å². The smallest absolute Gasteiger partial charge is 0.291 e. The molecule has 0 bridgehead atoms. The van der Waals surface area contributed by atoms with Crippen LogP contribution in [0, 0.1) is 11.3 Å². The van der Waals surface area contributed by atoms with Crippen molar-refractivity contribution >= 4 is 17.6 Å². The molecule has 10 nitrogen and oxygen atoms in total. The number of nitrogens with one attached hydrogen (secondary N) is 2. The summed E-state index contributed by atoms with van der Waals surface area (Å²) in [7, 11) is 0. The summed E-state index contributed by atoms with van der Waals surface area (Å²) < 4.78 is 0. The van der Waals surface area contributed by atoms with Crippen LogP contribution in [0.1, 0.15) is 113 Å². The number of likely N-dealkylation sites (tertiary alicyclic amines) is 1. The summed E-state index contributed by atoms with van der Waals surface area (Å²) in [6.07, 6.45) is 9.11. The molecule has 5 rings (SSSR count). The number of hydrogen-bond donors (Lipinski definition) is 2. The number of H-pyrrole nitrogens is 1. The first-order valence-corrected chi connectivity index (χ1v) is 15.0. The first-order chi connectivity index (χ1) is 19.2. The van der Waals surface area contributed by atoms with Gasteiger partial charge in [-0.3, -0.25) is 9.59 Å². The van der Waals surface area contributed by atoms with Crippen LogP contribution < -0.4 is 5.32 Å². The summed E-state index contributed by atoms with van der Waals surface area (Å²) in [6.45, 7) is 11.2. The topological polar surface area (TPSA) is 119 Å². The number of aromatic nitrogens is 4. The third-order valence-corrected chi connectivity index (χ3v) is 9.09. The van der Waals surface area contributed by atoms with Crippen LogP contribution in [0.5, 0.6) is 0 Å². The molecular weight excluding hydrogens is 504 g/mol. The van der Waals surface area contributed by atoms with Crippen LogP contribution in [-0.4, -0.2) is 66.8 Å². The monoisotopic (exact) mass is 548 g/mol. The molecule has 40 heavy (non-hydrogen) atoms. The highest BCUT2D eigenvalue weighted by Gasteiger charge is 2.53. The Morgan fingerprint density at radius 3 is 2.45 bits per heavy atom. The molecule has 2 fully saturated rings. The largest absolute Gasteiger partial charge is 0.352 e. The molecule has 2 aliphatic heterocycles. The number of amides is 2. The Bertz CT molecular complexity index is 1190. The zero-order chi connectivity index (χ0) is 28.3. The standard InChI is InChI=1S/C30H44N8O2/c1-5-6-9-24(21-10-12-22(13-11-21)27(39)31-20-25-33-35-36-34-25)38-28(40)26(37-18-7-8-19-37)32-30(38)16-14-23(15-17-30)29(2,3)4/h10-13,23-24H,5-9,14-20H2,1-4H3,(H,31,39)(H,33,34,35,36)/t23?,24-,30?/m1/s1. The third-order valence-electron chi connectivity index (χ3n) is 9.09. The molecule has 2 amide bonds. The quantitative estimate of drug-likeness (QED) is 0.496. The number of rotatable bonds is 8. The van der Waals surface area contributed by atoms with Gasteiger partial charge in [-0.05, 0) is 74.0 Å². The minimum absolute atomic E-state index is 0.0825. The number of carbonyl (C=O) groups excluding carboxylic acids is 2. The molecule has 1 atom stereocenters. The lowest BCUT2D eigenvalue weighted by Crippen LogP contribution is -2.52.